The molecule has 84 valence electrons. The summed E-state index contributed by atoms with van der Waals surface area (Å²) in [6, 6.07) is 4.87. The van der Waals surface area contributed by atoms with Crippen LogP contribution in [0.5, 0.6) is 0 Å². The van der Waals surface area contributed by atoms with Crippen LogP contribution in [0, 0.1) is 16.2 Å². The number of nitrogens with two attached hydrogens (primary N) is 1. The lowest BCUT2D eigenvalue weighted by atomic mass is 10.1. The second-order valence-electron chi connectivity index (χ2n) is 3.41. The molecule has 16 heavy (non-hydrogen) atoms. The van der Waals surface area contributed by atoms with Crippen molar-refractivity contribution < 1.29 is 4.74 Å². The maximum Gasteiger partial charge on any atom is 0.220 e. The van der Waals surface area contributed by atoms with E-state index < -0.39 is 0 Å². The predicted molar refractivity (Wildman–Crippen MR) is 64.7 cm³/mol. The van der Waals surface area contributed by atoms with E-state index >= 15 is 0 Å². The maximum absolute atomic E-state index is 7.59. The number of ether oxygens (including phenoxy) is 1. The van der Waals surface area contributed by atoms with Gasteiger partial charge in [-0.1, -0.05) is 0 Å². The van der Waals surface area contributed by atoms with Crippen molar-refractivity contribution in [1.29, 1.82) is 16.2 Å². The van der Waals surface area contributed by atoms with Gasteiger partial charge >= 0.3 is 0 Å². The minimum absolute atomic E-state index is 0.0463. The van der Waals surface area contributed by atoms with E-state index in [-0.39, 0.29) is 11.8 Å². The Hall–Kier alpha value is -2.17. The third-order valence-corrected chi connectivity index (χ3v) is 1.97. The highest BCUT2D eigenvalue weighted by Gasteiger charge is 2.08. The van der Waals surface area contributed by atoms with Gasteiger partial charge in [-0.2, -0.15) is 0 Å². The smallest absolute Gasteiger partial charge is 0.220 e. The molecule has 0 aliphatic rings. The van der Waals surface area contributed by atoms with E-state index in [0.29, 0.717) is 22.5 Å². The molecule has 0 unspecified atom stereocenters. The summed E-state index contributed by atoms with van der Waals surface area (Å²) in [5.74, 6) is -0.162. The molecule has 5 N–H and O–H groups in total. The first-order valence-electron chi connectivity index (χ1n) is 4.68. The summed E-state index contributed by atoms with van der Waals surface area (Å²) >= 11 is 0. The van der Waals surface area contributed by atoms with Crippen molar-refractivity contribution >= 4 is 23.2 Å². The second kappa shape index (κ2) is 4.57. The Morgan fingerprint density at radius 2 is 1.81 bits per heavy atom. The Bertz CT molecular complexity index is 465. The summed E-state index contributed by atoms with van der Waals surface area (Å²) < 4.78 is 4.87. The van der Waals surface area contributed by atoms with Crippen LogP contribution >= 0.6 is 0 Å². The molecule has 0 atom stereocenters. The molecule has 0 aliphatic heterocycles. The number of nitrogen functional groups attached to an aromatic ring is 1. The number of hydrogen-bond acceptors (Lipinski definition) is 5. The van der Waals surface area contributed by atoms with Gasteiger partial charge in [0.25, 0.3) is 0 Å². The number of rotatable bonds is 2. The zero-order valence-electron chi connectivity index (χ0n) is 9.22. The van der Waals surface area contributed by atoms with E-state index in [9.17, 15) is 0 Å². The van der Waals surface area contributed by atoms with Gasteiger partial charge in [0.15, 0.2) is 5.90 Å². The molecule has 0 bridgehead atoms. The van der Waals surface area contributed by atoms with E-state index in [1.165, 1.54) is 6.92 Å². The molecule has 0 saturated heterocycles. The Morgan fingerprint density at radius 3 is 2.31 bits per heavy atom. The summed E-state index contributed by atoms with van der Waals surface area (Å²) in [4.78, 5) is 0. The zero-order valence-corrected chi connectivity index (χ0v) is 9.22. The van der Waals surface area contributed by atoms with Crippen LogP contribution < -0.4 is 5.73 Å². The monoisotopic (exact) mass is 218 g/mol. The van der Waals surface area contributed by atoms with Crippen LogP contribution in [0.3, 0.4) is 0 Å². The summed E-state index contributed by atoms with van der Waals surface area (Å²) in [5.41, 5.74) is 7.61. The predicted octanol–water partition coefficient (Wildman–Crippen LogP) is 2.00. The first-order chi connectivity index (χ1) is 7.41. The molecule has 5 nitrogen and oxygen atoms in total. The Balaban J connectivity index is 3.08. The fraction of sp³-hybridized carbons (Fsp3) is 0.182. The molecule has 5 heteroatoms. The first-order valence-corrected chi connectivity index (χ1v) is 4.68. The van der Waals surface area contributed by atoms with E-state index in [1.807, 2.05) is 0 Å². The summed E-state index contributed by atoms with van der Waals surface area (Å²) in [6.07, 6.45) is 0. The van der Waals surface area contributed by atoms with Crippen LogP contribution in [0.2, 0.25) is 0 Å². The van der Waals surface area contributed by atoms with Crippen molar-refractivity contribution in [2.75, 3.05) is 5.73 Å². The standard InChI is InChI=1S/C11H14N4O/c1-6(12)9-5-8(3-4-10(9)14)11(15)16-7(2)13/h3-5,12-13,15H,14H2,1-2H3. The zero-order chi connectivity index (χ0) is 12.3. The SMILES string of the molecule is CC(=N)OC(=N)c1ccc(N)c(C(C)=N)c1. The average molecular weight is 218 g/mol. The number of anilines is 1. The van der Waals surface area contributed by atoms with Crippen molar-refractivity contribution in [2.45, 2.75) is 13.8 Å². The van der Waals surface area contributed by atoms with Gasteiger partial charge in [-0.05, 0) is 25.1 Å². The molecule has 0 aromatic heterocycles. The van der Waals surface area contributed by atoms with Crippen LogP contribution in [-0.4, -0.2) is 17.5 Å². The summed E-state index contributed by atoms with van der Waals surface area (Å²) in [7, 11) is 0. The molecule has 0 fully saturated rings. The van der Waals surface area contributed by atoms with Gasteiger partial charge in [-0.25, -0.2) is 0 Å². The van der Waals surface area contributed by atoms with E-state index in [4.69, 9.17) is 26.7 Å². The van der Waals surface area contributed by atoms with Crippen LogP contribution in [0.25, 0.3) is 0 Å². The van der Waals surface area contributed by atoms with Gasteiger partial charge in [0.1, 0.15) is 0 Å². The van der Waals surface area contributed by atoms with Gasteiger partial charge in [0, 0.05) is 29.4 Å². The molecule has 0 heterocycles. The van der Waals surface area contributed by atoms with Crippen LogP contribution in [0.15, 0.2) is 18.2 Å². The largest absolute Gasteiger partial charge is 0.426 e. The summed E-state index contributed by atoms with van der Waals surface area (Å²) in [5, 5.41) is 22.2. The third-order valence-electron chi connectivity index (χ3n) is 1.97. The topological polar surface area (TPSA) is 107 Å². The molecular weight excluding hydrogens is 204 g/mol. The number of benzene rings is 1. The third kappa shape index (κ3) is 2.66. The van der Waals surface area contributed by atoms with Crippen LogP contribution in [0.1, 0.15) is 25.0 Å². The second-order valence-corrected chi connectivity index (χ2v) is 3.41. The van der Waals surface area contributed by atoms with Crippen molar-refractivity contribution in [3.05, 3.63) is 29.3 Å². The Labute approximate surface area is 93.8 Å². The van der Waals surface area contributed by atoms with Gasteiger partial charge in [0.2, 0.25) is 5.90 Å². The maximum atomic E-state index is 7.59. The molecule has 0 spiro atoms. The molecule has 0 saturated carbocycles. The Kier molecular flexibility index (Phi) is 3.40. The van der Waals surface area contributed by atoms with Crippen molar-refractivity contribution in [2.24, 2.45) is 0 Å². The molecule has 0 amide bonds. The highest BCUT2D eigenvalue weighted by molar-refractivity contribution is 6.05. The molecule has 1 aromatic carbocycles. The van der Waals surface area contributed by atoms with Gasteiger partial charge in [0.05, 0.1) is 0 Å². The number of hydrogen-bond donors (Lipinski definition) is 4. The molecule has 1 rings (SSSR count). The minimum Gasteiger partial charge on any atom is -0.426 e. The lowest BCUT2D eigenvalue weighted by Gasteiger charge is -2.08. The lowest BCUT2D eigenvalue weighted by molar-refractivity contribution is 0.532. The lowest BCUT2D eigenvalue weighted by Crippen LogP contribution is -2.10. The van der Waals surface area contributed by atoms with Crippen LogP contribution in [-0.2, 0) is 4.74 Å². The molecule has 0 radical (unpaired) electrons. The molecule has 0 aliphatic carbocycles. The first kappa shape index (κ1) is 11.9. The quantitative estimate of drug-likeness (QED) is 0.346. The molecule has 1 aromatic rings. The van der Waals surface area contributed by atoms with Crippen LogP contribution in [0.4, 0.5) is 5.69 Å². The highest BCUT2D eigenvalue weighted by Crippen LogP contribution is 2.15. The van der Waals surface area contributed by atoms with Crippen molar-refractivity contribution in [1.82, 2.24) is 0 Å². The van der Waals surface area contributed by atoms with E-state index in [1.54, 1.807) is 25.1 Å². The van der Waals surface area contributed by atoms with Crippen molar-refractivity contribution in [3.63, 3.8) is 0 Å². The van der Waals surface area contributed by atoms with Crippen molar-refractivity contribution in [3.8, 4) is 0 Å². The molecular formula is C11H14N4O. The van der Waals surface area contributed by atoms with Gasteiger partial charge < -0.3 is 15.9 Å². The number of nitrogens with one attached hydrogen (secondary N) is 3. The van der Waals surface area contributed by atoms with Gasteiger partial charge in [-0.15, -0.1) is 0 Å². The summed E-state index contributed by atoms with van der Waals surface area (Å²) in [6.45, 7) is 3.08. The fourth-order valence-electron chi connectivity index (χ4n) is 1.23. The van der Waals surface area contributed by atoms with E-state index in [2.05, 4.69) is 0 Å². The highest BCUT2D eigenvalue weighted by atomic mass is 16.5. The van der Waals surface area contributed by atoms with E-state index in [0.717, 1.165) is 0 Å². The van der Waals surface area contributed by atoms with Gasteiger partial charge in [-0.3, -0.25) is 10.8 Å². The fourth-order valence-corrected chi connectivity index (χ4v) is 1.23. The minimum atomic E-state index is -0.116. The normalized spacial score (nSPS) is 9.62. The average Bonchev–Trinajstić information content (AvgIpc) is 2.16. The Morgan fingerprint density at radius 1 is 1.19 bits per heavy atom.